The number of benzene rings is 1. The number of ether oxygens (including phenoxy) is 1. The minimum absolute atomic E-state index is 0.679. The van der Waals surface area contributed by atoms with Crippen LogP contribution in [0.15, 0.2) is 24.3 Å². The molecule has 1 aromatic rings. The zero-order chi connectivity index (χ0) is 10.5. The Morgan fingerprint density at radius 3 is 2.80 bits per heavy atom. The summed E-state index contributed by atoms with van der Waals surface area (Å²) in [5.74, 6) is 0.679. The maximum atomic E-state index is 5.45. The van der Waals surface area contributed by atoms with E-state index in [0.717, 1.165) is 19.8 Å². The molecule has 0 amide bonds. The van der Waals surface area contributed by atoms with Gasteiger partial charge < -0.3 is 10.1 Å². The van der Waals surface area contributed by atoms with E-state index < -0.39 is 0 Å². The van der Waals surface area contributed by atoms with Crippen molar-refractivity contribution in [3.63, 3.8) is 0 Å². The Morgan fingerprint density at radius 1 is 1.33 bits per heavy atom. The average Bonchev–Trinajstić information content (AvgIpc) is 2.30. The quantitative estimate of drug-likeness (QED) is 0.865. The van der Waals surface area contributed by atoms with Crippen molar-refractivity contribution in [1.29, 1.82) is 0 Å². The lowest BCUT2D eigenvalue weighted by Crippen LogP contribution is -2.24. The van der Waals surface area contributed by atoms with E-state index in [0.29, 0.717) is 5.92 Å². The summed E-state index contributed by atoms with van der Waals surface area (Å²) in [4.78, 5) is 0. The second kappa shape index (κ2) is 5.70. The van der Waals surface area contributed by atoms with Crippen molar-refractivity contribution in [3.8, 4) is 0 Å². The first-order chi connectivity index (χ1) is 7.34. The molecule has 0 spiro atoms. The molecule has 1 fully saturated rings. The number of nitrogens with one attached hydrogen (secondary N) is 1. The Bertz CT molecular complexity index is 293. The lowest BCUT2D eigenvalue weighted by atomic mass is 10.0. The van der Waals surface area contributed by atoms with Gasteiger partial charge >= 0.3 is 0 Å². The van der Waals surface area contributed by atoms with Crippen molar-refractivity contribution in [2.75, 3.05) is 25.1 Å². The number of rotatable bonds is 3. The molecule has 0 aromatic heterocycles. The molecule has 1 N–H and O–H groups in total. The predicted molar refractivity (Wildman–Crippen MR) is 71.2 cm³/mol. The number of halogens is 1. The van der Waals surface area contributed by atoms with Gasteiger partial charge in [0, 0.05) is 22.4 Å². The van der Waals surface area contributed by atoms with Gasteiger partial charge in [-0.2, -0.15) is 0 Å². The van der Waals surface area contributed by atoms with Gasteiger partial charge in [-0.1, -0.05) is 0 Å². The molecule has 0 saturated carbocycles. The second-order valence-electron chi connectivity index (χ2n) is 3.97. The van der Waals surface area contributed by atoms with E-state index >= 15 is 0 Å². The summed E-state index contributed by atoms with van der Waals surface area (Å²) >= 11 is 2.32. The van der Waals surface area contributed by atoms with Crippen LogP contribution < -0.4 is 5.32 Å². The Hall–Kier alpha value is -0.290. The summed E-state index contributed by atoms with van der Waals surface area (Å²) in [6.07, 6.45) is 2.50. The fourth-order valence-electron chi connectivity index (χ4n) is 1.80. The molecular weight excluding hydrogens is 301 g/mol. The third-order valence-corrected chi connectivity index (χ3v) is 3.41. The van der Waals surface area contributed by atoms with Crippen molar-refractivity contribution in [1.82, 2.24) is 0 Å². The van der Waals surface area contributed by atoms with E-state index in [1.54, 1.807) is 0 Å². The first-order valence-corrected chi connectivity index (χ1v) is 6.49. The molecule has 0 bridgehead atoms. The normalized spacial score (nSPS) is 21.3. The van der Waals surface area contributed by atoms with Crippen molar-refractivity contribution in [3.05, 3.63) is 27.8 Å². The molecule has 1 aromatic carbocycles. The highest BCUT2D eigenvalue weighted by molar-refractivity contribution is 14.1. The molecule has 15 heavy (non-hydrogen) atoms. The summed E-state index contributed by atoms with van der Waals surface area (Å²) in [6.45, 7) is 2.89. The van der Waals surface area contributed by atoms with E-state index in [1.165, 1.54) is 22.1 Å². The molecule has 1 aliphatic rings. The molecule has 1 saturated heterocycles. The molecule has 3 heteroatoms. The van der Waals surface area contributed by atoms with Gasteiger partial charge in [-0.25, -0.2) is 0 Å². The highest BCUT2D eigenvalue weighted by Crippen LogP contribution is 2.16. The lowest BCUT2D eigenvalue weighted by Gasteiger charge is -2.22. The minimum atomic E-state index is 0.679. The highest BCUT2D eigenvalue weighted by atomic mass is 127. The van der Waals surface area contributed by atoms with Crippen LogP contribution in [-0.4, -0.2) is 19.8 Å². The fourth-order valence-corrected chi connectivity index (χ4v) is 2.16. The Kier molecular flexibility index (Phi) is 4.26. The van der Waals surface area contributed by atoms with Gasteiger partial charge in [-0.3, -0.25) is 0 Å². The first-order valence-electron chi connectivity index (χ1n) is 5.42. The Morgan fingerprint density at radius 2 is 2.13 bits per heavy atom. The van der Waals surface area contributed by atoms with Crippen LogP contribution in [0.1, 0.15) is 12.8 Å². The van der Waals surface area contributed by atoms with Gasteiger partial charge in [-0.15, -0.1) is 0 Å². The van der Waals surface area contributed by atoms with Crippen molar-refractivity contribution < 1.29 is 4.74 Å². The molecule has 2 nitrogen and oxygen atoms in total. The molecule has 1 aliphatic heterocycles. The lowest BCUT2D eigenvalue weighted by molar-refractivity contribution is 0.0595. The number of anilines is 1. The molecule has 82 valence electrons. The molecule has 0 radical (unpaired) electrons. The zero-order valence-electron chi connectivity index (χ0n) is 8.71. The number of hydrogen-bond acceptors (Lipinski definition) is 2. The largest absolute Gasteiger partial charge is 0.385 e. The summed E-state index contributed by atoms with van der Waals surface area (Å²) < 4.78 is 6.73. The highest BCUT2D eigenvalue weighted by Gasteiger charge is 2.12. The van der Waals surface area contributed by atoms with Crippen LogP contribution >= 0.6 is 22.6 Å². The van der Waals surface area contributed by atoms with Gasteiger partial charge in [0.1, 0.15) is 0 Å². The summed E-state index contributed by atoms with van der Waals surface area (Å²) in [5.41, 5.74) is 1.21. The van der Waals surface area contributed by atoms with Gasteiger partial charge in [-0.05, 0) is 65.6 Å². The smallest absolute Gasteiger partial charge is 0.0511 e. The number of hydrogen-bond donors (Lipinski definition) is 1. The van der Waals surface area contributed by atoms with Crippen LogP contribution in [-0.2, 0) is 4.74 Å². The Balaban J connectivity index is 1.79. The van der Waals surface area contributed by atoms with E-state index in [4.69, 9.17) is 4.74 Å². The van der Waals surface area contributed by atoms with Crippen molar-refractivity contribution in [2.24, 2.45) is 5.92 Å². The van der Waals surface area contributed by atoms with E-state index in [-0.39, 0.29) is 0 Å². The molecule has 1 unspecified atom stereocenters. The van der Waals surface area contributed by atoms with Crippen LogP contribution in [0, 0.1) is 9.49 Å². The van der Waals surface area contributed by atoms with Crippen molar-refractivity contribution >= 4 is 28.3 Å². The fraction of sp³-hybridized carbons (Fsp3) is 0.500. The van der Waals surface area contributed by atoms with E-state index in [9.17, 15) is 0 Å². The monoisotopic (exact) mass is 317 g/mol. The summed E-state index contributed by atoms with van der Waals surface area (Å²) in [5, 5.41) is 3.46. The van der Waals surface area contributed by atoms with Crippen molar-refractivity contribution in [2.45, 2.75) is 12.8 Å². The standard InChI is InChI=1S/C12H16INO/c13-11-3-5-12(6-4-11)14-8-10-2-1-7-15-9-10/h3-6,10,14H,1-2,7-9H2. The van der Waals surface area contributed by atoms with Crippen LogP contribution in [0.4, 0.5) is 5.69 Å². The van der Waals surface area contributed by atoms with Crippen LogP contribution in [0.5, 0.6) is 0 Å². The molecular formula is C12H16INO. The second-order valence-corrected chi connectivity index (χ2v) is 5.22. The van der Waals surface area contributed by atoms with Crippen LogP contribution in [0.25, 0.3) is 0 Å². The van der Waals surface area contributed by atoms with Gasteiger partial charge in [0.2, 0.25) is 0 Å². The minimum Gasteiger partial charge on any atom is -0.385 e. The predicted octanol–water partition coefficient (Wildman–Crippen LogP) is 3.13. The molecule has 1 heterocycles. The zero-order valence-corrected chi connectivity index (χ0v) is 10.9. The maximum Gasteiger partial charge on any atom is 0.0511 e. The first kappa shape index (κ1) is 11.2. The topological polar surface area (TPSA) is 21.3 Å². The Labute approximate surface area is 105 Å². The van der Waals surface area contributed by atoms with Gasteiger partial charge in [0.05, 0.1) is 6.61 Å². The van der Waals surface area contributed by atoms with E-state index in [2.05, 4.69) is 52.2 Å². The van der Waals surface area contributed by atoms with Gasteiger partial charge in [0.15, 0.2) is 0 Å². The van der Waals surface area contributed by atoms with E-state index in [1.807, 2.05) is 0 Å². The molecule has 0 aliphatic carbocycles. The SMILES string of the molecule is Ic1ccc(NCC2CCCOC2)cc1. The maximum absolute atomic E-state index is 5.45. The van der Waals surface area contributed by atoms with Crippen LogP contribution in [0.2, 0.25) is 0 Å². The summed E-state index contributed by atoms with van der Waals surface area (Å²) in [6, 6.07) is 8.51. The molecule has 2 rings (SSSR count). The average molecular weight is 317 g/mol. The van der Waals surface area contributed by atoms with Crippen LogP contribution in [0.3, 0.4) is 0 Å². The van der Waals surface area contributed by atoms with Gasteiger partial charge in [0.25, 0.3) is 0 Å². The molecule has 1 atom stereocenters. The third-order valence-electron chi connectivity index (χ3n) is 2.69. The summed E-state index contributed by atoms with van der Waals surface area (Å²) in [7, 11) is 0. The third kappa shape index (κ3) is 3.65.